The number of fused-ring (bicyclic) bond motifs is 6. The van der Waals surface area contributed by atoms with Gasteiger partial charge in [0.25, 0.3) is 11.8 Å². The second-order valence-corrected chi connectivity index (χ2v) is 10.3. The molecule has 0 N–H and O–H groups in total. The number of amides is 2. The van der Waals surface area contributed by atoms with Gasteiger partial charge in [-0.2, -0.15) is 10.1 Å². The Kier molecular flexibility index (Phi) is 5.30. The van der Waals surface area contributed by atoms with Gasteiger partial charge in [0, 0.05) is 10.6 Å². The first kappa shape index (κ1) is 21.6. The number of carbonyl (C=O) groups is 2. The highest BCUT2D eigenvalue weighted by molar-refractivity contribution is 9.10. The molecule has 1 saturated carbocycles. The number of rotatable bonds is 5. The van der Waals surface area contributed by atoms with E-state index in [4.69, 9.17) is 16.3 Å². The first-order chi connectivity index (χ1) is 16.5. The number of nitrogens with zero attached hydrogens (tertiary/aromatic N) is 2. The highest BCUT2D eigenvalue weighted by Gasteiger charge is 2.59. The van der Waals surface area contributed by atoms with E-state index in [1.807, 2.05) is 24.3 Å². The number of hydrogen-bond acceptors (Lipinski definition) is 4. The van der Waals surface area contributed by atoms with E-state index in [9.17, 15) is 9.59 Å². The van der Waals surface area contributed by atoms with E-state index in [1.165, 1.54) is 6.21 Å². The standard InChI is InChI=1S/C27H20BrClN2O3/c28-22-12-20(29)11-19(25(22)34-14-18-6-3-5-15-4-1-2-7-21(15)18)13-30-31-26(32)23-16-8-9-17(10-16)24(23)27(31)33/h1-9,11-13,16-17,23-24H,10,14H2/t16-,17-,23-,24+/m0/s1. The zero-order valence-electron chi connectivity index (χ0n) is 18.0. The van der Waals surface area contributed by atoms with Gasteiger partial charge < -0.3 is 4.74 Å². The van der Waals surface area contributed by atoms with Crippen LogP contribution < -0.4 is 4.74 Å². The maximum Gasteiger partial charge on any atom is 0.254 e. The summed E-state index contributed by atoms with van der Waals surface area (Å²) in [5.41, 5.74) is 1.63. The molecule has 1 saturated heterocycles. The summed E-state index contributed by atoms with van der Waals surface area (Å²) in [5.74, 6) is -0.175. The fourth-order valence-electron chi connectivity index (χ4n) is 5.52. The molecule has 0 radical (unpaired) electrons. The van der Waals surface area contributed by atoms with Gasteiger partial charge in [-0.05, 0) is 62.7 Å². The van der Waals surface area contributed by atoms with Crippen LogP contribution in [0.4, 0.5) is 0 Å². The molecule has 2 bridgehead atoms. The molecule has 3 aromatic carbocycles. The van der Waals surface area contributed by atoms with Gasteiger partial charge in [0.05, 0.1) is 22.5 Å². The minimum Gasteiger partial charge on any atom is -0.487 e. The summed E-state index contributed by atoms with van der Waals surface area (Å²) in [5, 5.41) is 8.09. The summed E-state index contributed by atoms with van der Waals surface area (Å²) in [6.45, 7) is 0.336. The second-order valence-electron chi connectivity index (χ2n) is 8.97. The molecule has 1 aliphatic heterocycles. The van der Waals surface area contributed by atoms with Crippen LogP contribution in [0.25, 0.3) is 10.8 Å². The Labute approximate surface area is 210 Å². The third-order valence-corrected chi connectivity index (χ3v) is 7.86. The molecule has 0 unspecified atom stereocenters. The van der Waals surface area contributed by atoms with Crippen LogP contribution >= 0.6 is 27.5 Å². The van der Waals surface area contributed by atoms with Crippen LogP contribution in [0.1, 0.15) is 17.5 Å². The first-order valence-corrected chi connectivity index (χ1v) is 12.4. The van der Waals surface area contributed by atoms with Crippen molar-refractivity contribution in [2.45, 2.75) is 13.0 Å². The van der Waals surface area contributed by atoms with Gasteiger partial charge in [-0.25, -0.2) is 0 Å². The van der Waals surface area contributed by atoms with Crippen molar-refractivity contribution in [1.29, 1.82) is 0 Å². The third-order valence-electron chi connectivity index (χ3n) is 7.05. The zero-order chi connectivity index (χ0) is 23.4. The topological polar surface area (TPSA) is 59.0 Å². The largest absolute Gasteiger partial charge is 0.487 e. The van der Waals surface area contributed by atoms with Crippen molar-refractivity contribution in [1.82, 2.24) is 5.01 Å². The van der Waals surface area contributed by atoms with E-state index in [2.05, 4.69) is 51.4 Å². The summed E-state index contributed by atoms with van der Waals surface area (Å²) in [7, 11) is 0. The van der Waals surface area contributed by atoms with E-state index in [0.29, 0.717) is 27.4 Å². The fourth-order valence-corrected chi connectivity index (χ4v) is 6.47. The lowest BCUT2D eigenvalue weighted by molar-refractivity contribution is -0.140. The Hall–Kier alpha value is -2.96. The average molecular weight is 536 g/mol. The molecule has 3 aromatic rings. The maximum atomic E-state index is 13.0. The van der Waals surface area contributed by atoms with Crippen molar-refractivity contribution in [3.05, 3.63) is 87.4 Å². The second kappa shape index (κ2) is 8.36. The third kappa shape index (κ3) is 3.48. The van der Waals surface area contributed by atoms with Crippen molar-refractivity contribution < 1.29 is 14.3 Å². The summed E-state index contributed by atoms with van der Waals surface area (Å²) in [4.78, 5) is 25.9. The summed E-state index contributed by atoms with van der Waals surface area (Å²) in [6.07, 6.45) is 6.51. The van der Waals surface area contributed by atoms with Gasteiger partial charge >= 0.3 is 0 Å². The van der Waals surface area contributed by atoms with E-state index in [0.717, 1.165) is 27.8 Å². The van der Waals surface area contributed by atoms with Crippen molar-refractivity contribution in [2.24, 2.45) is 28.8 Å². The number of imide groups is 1. The van der Waals surface area contributed by atoms with Gasteiger partial charge in [0.2, 0.25) is 0 Å². The molecule has 6 rings (SSSR count). The number of benzene rings is 3. The van der Waals surface area contributed by atoms with Gasteiger partial charge in [-0.15, -0.1) is 0 Å². The molecule has 4 atom stereocenters. The molecule has 2 fully saturated rings. The van der Waals surface area contributed by atoms with Crippen molar-refractivity contribution in [3.8, 4) is 5.75 Å². The molecular formula is C27H20BrClN2O3. The molecule has 0 aromatic heterocycles. The fraction of sp³-hybridized carbons (Fsp3) is 0.222. The maximum absolute atomic E-state index is 13.0. The molecule has 2 aliphatic carbocycles. The summed E-state index contributed by atoms with van der Waals surface area (Å²) in [6, 6.07) is 17.7. The van der Waals surface area contributed by atoms with Crippen LogP contribution in [0, 0.1) is 23.7 Å². The molecule has 7 heteroatoms. The minimum atomic E-state index is -0.284. The smallest absolute Gasteiger partial charge is 0.254 e. The number of hydrogen-bond donors (Lipinski definition) is 0. The van der Waals surface area contributed by atoms with Crippen LogP contribution in [0.3, 0.4) is 0 Å². The number of halogens is 2. The lowest BCUT2D eigenvalue weighted by Crippen LogP contribution is -2.28. The van der Waals surface area contributed by atoms with Gasteiger partial charge in [-0.1, -0.05) is 66.2 Å². The first-order valence-electron chi connectivity index (χ1n) is 11.2. The highest BCUT2D eigenvalue weighted by atomic mass is 79.9. The Morgan fingerprint density at radius 3 is 2.50 bits per heavy atom. The molecule has 3 aliphatic rings. The number of ether oxygens (including phenoxy) is 1. The molecule has 170 valence electrons. The predicted molar refractivity (Wildman–Crippen MR) is 135 cm³/mol. The molecule has 1 heterocycles. The lowest BCUT2D eigenvalue weighted by Gasteiger charge is -2.14. The normalized spacial score (nSPS) is 25.2. The van der Waals surface area contributed by atoms with Crippen molar-refractivity contribution >= 4 is 56.3 Å². The molecule has 5 nitrogen and oxygen atoms in total. The van der Waals surface area contributed by atoms with Crippen LogP contribution in [0.15, 0.2) is 76.3 Å². The van der Waals surface area contributed by atoms with Gasteiger partial charge in [0.15, 0.2) is 0 Å². The summed E-state index contributed by atoms with van der Waals surface area (Å²) >= 11 is 9.83. The van der Waals surface area contributed by atoms with Crippen LogP contribution in [0.2, 0.25) is 5.02 Å². The Balaban J connectivity index is 1.28. The number of allylic oxidation sites excluding steroid dienone is 2. The van der Waals surface area contributed by atoms with Gasteiger partial charge in [0.1, 0.15) is 12.4 Å². The Bertz CT molecular complexity index is 1370. The van der Waals surface area contributed by atoms with E-state index in [1.54, 1.807) is 12.1 Å². The quantitative estimate of drug-likeness (QED) is 0.230. The summed E-state index contributed by atoms with van der Waals surface area (Å²) < 4.78 is 6.88. The number of hydrazone groups is 1. The Morgan fingerprint density at radius 1 is 1.03 bits per heavy atom. The highest BCUT2D eigenvalue weighted by Crippen LogP contribution is 2.52. The van der Waals surface area contributed by atoms with E-state index >= 15 is 0 Å². The molecular weight excluding hydrogens is 516 g/mol. The van der Waals surface area contributed by atoms with Crippen LogP contribution in [0.5, 0.6) is 5.75 Å². The van der Waals surface area contributed by atoms with Crippen LogP contribution in [-0.4, -0.2) is 23.0 Å². The SMILES string of the molecule is O=C1[C@@H]2[C@H](C(=O)N1N=Cc1cc(Cl)cc(Br)c1OCc1cccc3ccccc13)[C@H]1C=C[C@H]2C1. The minimum absolute atomic E-state index is 0.145. The number of carbonyl (C=O) groups excluding carboxylic acids is 2. The van der Waals surface area contributed by atoms with Gasteiger partial charge in [-0.3, -0.25) is 9.59 Å². The predicted octanol–water partition coefficient (Wildman–Crippen LogP) is 5.98. The van der Waals surface area contributed by atoms with E-state index in [-0.39, 0.29) is 35.5 Å². The Morgan fingerprint density at radius 2 is 1.74 bits per heavy atom. The molecule has 34 heavy (non-hydrogen) atoms. The van der Waals surface area contributed by atoms with Crippen molar-refractivity contribution in [2.75, 3.05) is 0 Å². The van der Waals surface area contributed by atoms with Crippen molar-refractivity contribution in [3.63, 3.8) is 0 Å². The molecule has 0 spiro atoms. The average Bonchev–Trinajstić information content (AvgIpc) is 3.51. The molecule has 2 amide bonds. The zero-order valence-corrected chi connectivity index (χ0v) is 20.4. The monoisotopic (exact) mass is 534 g/mol. The van der Waals surface area contributed by atoms with E-state index < -0.39 is 0 Å². The van der Waals surface area contributed by atoms with Crippen LogP contribution in [-0.2, 0) is 16.2 Å². The lowest BCUT2D eigenvalue weighted by atomic mass is 9.85.